The van der Waals surface area contributed by atoms with Crippen LogP contribution in [0.1, 0.15) is 41.6 Å². The van der Waals surface area contributed by atoms with E-state index in [-0.39, 0.29) is 41.9 Å². The quantitative estimate of drug-likeness (QED) is 0.296. The van der Waals surface area contributed by atoms with Crippen LogP contribution in [0, 0.1) is 23.6 Å². The summed E-state index contributed by atoms with van der Waals surface area (Å²) in [6.07, 6.45) is -1.85. The Bertz CT molecular complexity index is 1480. The average Bonchev–Trinajstić information content (AvgIpc) is 3.69. The average molecular weight is 601 g/mol. The van der Waals surface area contributed by atoms with Gasteiger partial charge in [-0.15, -0.1) is 0 Å². The van der Waals surface area contributed by atoms with E-state index in [0.29, 0.717) is 50.6 Å². The highest BCUT2D eigenvalue weighted by Gasteiger charge is 2.43. The van der Waals surface area contributed by atoms with Crippen molar-refractivity contribution in [3.05, 3.63) is 65.4 Å². The monoisotopic (exact) mass is 600 g/mol. The molecule has 3 fully saturated rings. The first-order valence-electron chi connectivity index (χ1n) is 14.4. The molecule has 1 N–H and O–H groups in total. The SMILES string of the molecule is CC1CCCN(c2nc(C(F)(F)F)c(C(=O)Cc3ccc(N4CC5CN(C(=O)Nc6ccccc6F)CC5C4)nc3)o2)C1. The molecule has 0 aliphatic carbocycles. The minimum Gasteiger partial charge on any atom is -0.420 e. The van der Waals surface area contributed by atoms with Crippen LogP contribution in [0.25, 0.3) is 0 Å². The highest BCUT2D eigenvalue weighted by atomic mass is 19.4. The Balaban J connectivity index is 1.06. The van der Waals surface area contributed by atoms with Crippen molar-refractivity contribution in [2.45, 2.75) is 32.4 Å². The van der Waals surface area contributed by atoms with Crippen LogP contribution < -0.4 is 15.1 Å². The lowest BCUT2D eigenvalue weighted by Crippen LogP contribution is -2.36. The molecule has 228 valence electrons. The van der Waals surface area contributed by atoms with Crippen LogP contribution in [-0.4, -0.2) is 66.0 Å². The zero-order chi connectivity index (χ0) is 30.3. The highest BCUT2D eigenvalue weighted by Crippen LogP contribution is 2.36. The minimum atomic E-state index is -4.82. The van der Waals surface area contributed by atoms with Gasteiger partial charge in [-0.2, -0.15) is 18.2 Å². The molecule has 0 saturated carbocycles. The number of carbonyl (C=O) groups excluding carboxylic acids is 2. The van der Waals surface area contributed by atoms with Gasteiger partial charge in [-0.1, -0.05) is 25.1 Å². The molecule has 0 spiro atoms. The second-order valence-corrected chi connectivity index (χ2v) is 11.7. The Labute approximate surface area is 245 Å². The molecule has 3 saturated heterocycles. The number of likely N-dealkylation sites (tertiary alicyclic amines) is 1. The van der Waals surface area contributed by atoms with Crippen LogP contribution in [0.2, 0.25) is 0 Å². The number of ketones is 1. The summed E-state index contributed by atoms with van der Waals surface area (Å²) in [4.78, 5) is 39.3. The lowest BCUT2D eigenvalue weighted by Gasteiger charge is -2.29. The number of benzene rings is 1. The lowest BCUT2D eigenvalue weighted by molar-refractivity contribution is -0.141. The van der Waals surface area contributed by atoms with E-state index in [0.717, 1.165) is 12.8 Å². The fourth-order valence-corrected chi connectivity index (χ4v) is 6.27. The first kappa shape index (κ1) is 28.9. The van der Waals surface area contributed by atoms with Crippen molar-refractivity contribution in [1.29, 1.82) is 0 Å². The first-order valence-corrected chi connectivity index (χ1v) is 14.4. The third-order valence-corrected chi connectivity index (χ3v) is 8.45. The molecule has 3 aromatic rings. The van der Waals surface area contributed by atoms with Gasteiger partial charge in [0.25, 0.3) is 6.01 Å². The molecule has 1 aromatic carbocycles. The number of Topliss-reactive ketones (excluding diaryl/α,β-unsaturated/α-hetero) is 1. The maximum atomic E-state index is 13.9. The number of pyridine rings is 1. The largest absolute Gasteiger partial charge is 0.437 e. The number of fused-ring (bicyclic) bond motifs is 1. The number of para-hydroxylation sites is 1. The van der Waals surface area contributed by atoms with Crippen LogP contribution in [0.5, 0.6) is 0 Å². The van der Waals surface area contributed by atoms with E-state index < -0.39 is 29.2 Å². The van der Waals surface area contributed by atoms with E-state index in [2.05, 4.69) is 20.2 Å². The molecule has 13 heteroatoms. The lowest BCUT2D eigenvalue weighted by atomic mass is 10.0. The first-order chi connectivity index (χ1) is 20.5. The normalized spacial score (nSPS) is 22.2. The smallest absolute Gasteiger partial charge is 0.420 e. The molecule has 0 radical (unpaired) electrons. The van der Waals surface area contributed by atoms with Gasteiger partial charge in [0.05, 0.1) is 5.69 Å². The van der Waals surface area contributed by atoms with Gasteiger partial charge in [-0.3, -0.25) is 4.79 Å². The summed E-state index contributed by atoms with van der Waals surface area (Å²) < 4.78 is 60.6. The number of halogens is 4. The number of piperidine rings is 1. The van der Waals surface area contributed by atoms with Gasteiger partial charge in [-0.25, -0.2) is 14.2 Å². The van der Waals surface area contributed by atoms with Gasteiger partial charge in [0, 0.05) is 63.7 Å². The number of aromatic nitrogens is 2. The summed E-state index contributed by atoms with van der Waals surface area (Å²) in [7, 11) is 0. The molecule has 3 atom stereocenters. The third kappa shape index (κ3) is 6.16. The van der Waals surface area contributed by atoms with E-state index in [1.165, 1.54) is 18.3 Å². The molecule has 3 aliphatic heterocycles. The molecule has 9 nitrogen and oxygen atoms in total. The number of oxazole rings is 1. The summed E-state index contributed by atoms with van der Waals surface area (Å²) >= 11 is 0. The van der Waals surface area contributed by atoms with Gasteiger partial charge in [-0.05, 0) is 42.5 Å². The van der Waals surface area contributed by atoms with Gasteiger partial charge in [0.1, 0.15) is 11.6 Å². The summed E-state index contributed by atoms with van der Waals surface area (Å²) in [6, 6.07) is 8.95. The number of hydrogen-bond acceptors (Lipinski definition) is 7. The van der Waals surface area contributed by atoms with Crippen molar-refractivity contribution in [3.8, 4) is 0 Å². The molecule has 5 heterocycles. The number of nitrogens with one attached hydrogen (secondary N) is 1. The van der Waals surface area contributed by atoms with Crippen LogP contribution in [0.15, 0.2) is 47.0 Å². The second kappa shape index (κ2) is 11.5. The molecular weight excluding hydrogens is 568 g/mol. The highest BCUT2D eigenvalue weighted by molar-refractivity contribution is 5.96. The fraction of sp³-hybridized carbons (Fsp3) is 0.467. The second-order valence-electron chi connectivity index (χ2n) is 11.7. The van der Waals surface area contributed by atoms with Crippen LogP contribution in [0.3, 0.4) is 0 Å². The topological polar surface area (TPSA) is 94.8 Å². The summed E-state index contributed by atoms with van der Waals surface area (Å²) in [5.41, 5.74) is -0.693. The number of rotatable bonds is 6. The number of amides is 2. The minimum absolute atomic E-state index is 0.143. The van der Waals surface area contributed by atoms with Crippen molar-refractivity contribution in [2.24, 2.45) is 17.8 Å². The van der Waals surface area contributed by atoms with E-state index in [4.69, 9.17) is 4.42 Å². The van der Waals surface area contributed by atoms with Gasteiger partial charge in [0.2, 0.25) is 11.5 Å². The van der Waals surface area contributed by atoms with Gasteiger partial charge in [0.15, 0.2) is 5.69 Å². The van der Waals surface area contributed by atoms with Crippen molar-refractivity contribution >= 4 is 29.3 Å². The summed E-state index contributed by atoms with van der Waals surface area (Å²) in [6.45, 7) is 5.47. The number of urea groups is 1. The summed E-state index contributed by atoms with van der Waals surface area (Å²) in [5, 5.41) is 2.63. The number of nitrogens with zero attached hydrogens (tertiary/aromatic N) is 5. The molecule has 3 unspecified atom stereocenters. The van der Waals surface area contributed by atoms with Crippen LogP contribution in [0.4, 0.5) is 39.9 Å². The Hall–Kier alpha value is -4.16. The number of anilines is 3. The van der Waals surface area contributed by atoms with Crippen molar-refractivity contribution in [1.82, 2.24) is 14.9 Å². The van der Waals surface area contributed by atoms with Crippen LogP contribution in [-0.2, 0) is 12.6 Å². The Kier molecular flexibility index (Phi) is 7.74. The zero-order valence-corrected chi connectivity index (χ0v) is 23.6. The van der Waals surface area contributed by atoms with E-state index in [1.54, 1.807) is 34.1 Å². The molecule has 43 heavy (non-hydrogen) atoms. The molecule has 3 aliphatic rings. The standard InChI is InChI=1S/C30H32F4N6O3/c1-18-5-4-10-38(13-18)29-37-27(30(32,33)34)26(43-29)24(41)11-19-8-9-25(35-12-19)39-14-20-16-40(17-21(20)15-39)28(42)36-23-7-3-2-6-22(23)31/h2-3,6-9,12,18,20-21H,4-5,10-11,13-17H2,1H3,(H,36,42). The molecule has 6 rings (SSSR count). The Morgan fingerprint density at radius 2 is 1.77 bits per heavy atom. The maximum Gasteiger partial charge on any atom is 0.437 e. The van der Waals surface area contributed by atoms with Crippen LogP contribution >= 0.6 is 0 Å². The van der Waals surface area contributed by atoms with Crippen molar-refractivity contribution in [3.63, 3.8) is 0 Å². The molecular formula is C30H32F4N6O3. The Morgan fingerprint density at radius 1 is 1.02 bits per heavy atom. The van der Waals surface area contributed by atoms with Gasteiger partial charge < -0.3 is 24.4 Å². The maximum absolute atomic E-state index is 13.9. The number of hydrogen-bond donors (Lipinski definition) is 1. The van der Waals surface area contributed by atoms with Gasteiger partial charge >= 0.3 is 12.2 Å². The van der Waals surface area contributed by atoms with E-state index in [9.17, 15) is 27.2 Å². The van der Waals surface area contributed by atoms with E-state index >= 15 is 0 Å². The predicted molar refractivity (Wildman–Crippen MR) is 151 cm³/mol. The zero-order valence-electron chi connectivity index (χ0n) is 23.6. The number of alkyl halides is 3. The van der Waals surface area contributed by atoms with Crippen molar-refractivity contribution in [2.75, 3.05) is 54.4 Å². The molecule has 2 amide bonds. The third-order valence-electron chi connectivity index (χ3n) is 8.45. The Morgan fingerprint density at radius 3 is 2.42 bits per heavy atom. The summed E-state index contributed by atoms with van der Waals surface area (Å²) in [5.74, 6) is -0.660. The predicted octanol–water partition coefficient (Wildman–Crippen LogP) is 5.49. The van der Waals surface area contributed by atoms with Crippen molar-refractivity contribution < 1.29 is 31.6 Å². The fourth-order valence-electron chi connectivity index (χ4n) is 6.27. The van der Waals surface area contributed by atoms with E-state index in [1.807, 2.05) is 6.92 Å². The molecule has 0 bridgehead atoms. The molecule has 2 aromatic heterocycles. The number of carbonyl (C=O) groups is 2.